The Balaban J connectivity index is 2.82. The minimum Gasteiger partial charge on any atom is -0.312 e. The van der Waals surface area contributed by atoms with Crippen LogP contribution in [0, 0.1) is 12.8 Å². The summed E-state index contributed by atoms with van der Waals surface area (Å²) in [6.07, 6.45) is 0. The Morgan fingerprint density at radius 3 is 2.44 bits per heavy atom. The molecule has 0 aliphatic rings. The molecule has 0 aliphatic heterocycles. The second-order valence-corrected chi connectivity index (χ2v) is 8.05. The van der Waals surface area contributed by atoms with Crippen molar-refractivity contribution >= 4 is 11.8 Å². The summed E-state index contributed by atoms with van der Waals surface area (Å²) in [5, 5.41) is 9.35. The lowest BCUT2D eigenvalue weighted by molar-refractivity contribution is 0.547. The Labute approximate surface area is 116 Å². The fourth-order valence-corrected chi connectivity index (χ4v) is 2.88. The molecule has 18 heavy (non-hydrogen) atoms. The number of hydrogen-bond acceptors (Lipinski definition) is 3. The maximum Gasteiger partial charge on any atom is 0.0989 e. The van der Waals surface area contributed by atoms with E-state index in [1.165, 1.54) is 10.6 Å². The van der Waals surface area contributed by atoms with Crippen LogP contribution in [-0.4, -0.2) is 21.1 Å². The van der Waals surface area contributed by atoms with E-state index in [4.69, 9.17) is 0 Å². The fraction of sp³-hybridized carbons (Fsp3) is 0.786. The van der Waals surface area contributed by atoms with Crippen molar-refractivity contribution in [3.8, 4) is 0 Å². The van der Waals surface area contributed by atoms with E-state index in [-0.39, 0.29) is 4.75 Å². The molecule has 1 aromatic heterocycles. The molecule has 0 unspecified atom stereocenters. The molecule has 0 amide bonds. The van der Waals surface area contributed by atoms with Crippen molar-refractivity contribution in [2.24, 2.45) is 13.0 Å². The van der Waals surface area contributed by atoms with Crippen molar-refractivity contribution in [3.05, 3.63) is 11.3 Å². The van der Waals surface area contributed by atoms with Crippen molar-refractivity contribution < 1.29 is 0 Å². The Morgan fingerprint density at radius 1 is 1.33 bits per heavy atom. The summed E-state index contributed by atoms with van der Waals surface area (Å²) in [6.45, 7) is 15.2. The number of rotatable bonds is 5. The largest absolute Gasteiger partial charge is 0.312 e. The zero-order valence-electron chi connectivity index (χ0n) is 12.8. The van der Waals surface area contributed by atoms with Crippen molar-refractivity contribution in [1.29, 1.82) is 0 Å². The van der Waals surface area contributed by atoms with Gasteiger partial charge in [-0.1, -0.05) is 34.6 Å². The molecule has 1 aromatic rings. The Kier molecular flexibility index (Phi) is 5.29. The number of nitrogens with one attached hydrogen (secondary N) is 1. The summed E-state index contributed by atoms with van der Waals surface area (Å²) in [7, 11) is 2.03. The van der Waals surface area contributed by atoms with Crippen LogP contribution in [0.15, 0.2) is 5.03 Å². The molecule has 0 aliphatic carbocycles. The molecule has 1 rings (SSSR count). The van der Waals surface area contributed by atoms with Crippen LogP contribution >= 0.6 is 11.8 Å². The predicted octanol–water partition coefficient (Wildman–Crippen LogP) is 3.36. The normalized spacial score (nSPS) is 12.4. The topological polar surface area (TPSA) is 29.9 Å². The highest BCUT2D eigenvalue weighted by molar-refractivity contribution is 8.00. The van der Waals surface area contributed by atoms with E-state index in [0.717, 1.165) is 18.8 Å². The van der Waals surface area contributed by atoms with Gasteiger partial charge in [-0.15, -0.1) is 11.8 Å². The van der Waals surface area contributed by atoms with E-state index in [1.807, 2.05) is 23.5 Å². The summed E-state index contributed by atoms with van der Waals surface area (Å²) >= 11 is 1.89. The van der Waals surface area contributed by atoms with Crippen LogP contribution in [0.2, 0.25) is 0 Å². The summed E-state index contributed by atoms with van der Waals surface area (Å²) in [5.74, 6) is 0.681. The van der Waals surface area contributed by atoms with Gasteiger partial charge in [0.2, 0.25) is 0 Å². The first kappa shape index (κ1) is 15.6. The van der Waals surface area contributed by atoms with Crippen LogP contribution < -0.4 is 5.32 Å². The van der Waals surface area contributed by atoms with E-state index < -0.39 is 0 Å². The van der Waals surface area contributed by atoms with Crippen LogP contribution in [0.4, 0.5) is 0 Å². The molecule has 0 atom stereocenters. The molecule has 0 fully saturated rings. The fourth-order valence-electron chi connectivity index (χ4n) is 1.79. The first-order chi connectivity index (χ1) is 8.20. The SMILES string of the molecule is Cc1nn(C)c(SC(C)(C)C)c1CNCC(C)C. The van der Waals surface area contributed by atoms with E-state index in [0.29, 0.717) is 5.92 Å². The average molecular weight is 269 g/mol. The van der Waals surface area contributed by atoms with Gasteiger partial charge in [0.1, 0.15) is 0 Å². The standard InChI is InChI=1S/C14H27N3S/c1-10(2)8-15-9-12-11(3)16-17(7)13(12)18-14(4,5)6/h10,15H,8-9H2,1-7H3. The lowest BCUT2D eigenvalue weighted by Gasteiger charge is -2.19. The van der Waals surface area contributed by atoms with E-state index in [9.17, 15) is 0 Å². The molecule has 104 valence electrons. The molecule has 3 nitrogen and oxygen atoms in total. The van der Waals surface area contributed by atoms with Gasteiger partial charge in [-0.3, -0.25) is 4.68 Å². The molecule has 0 spiro atoms. The monoisotopic (exact) mass is 269 g/mol. The third kappa shape index (κ3) is 4.65. The Morgan fingerprint density at radius 2 is 1.94 bits per heavy atom. The molecule has 0 aromatic carbocycles. The maximum atomic E-state index is 4.55. The van der Waals surface area contributed by atoms with Crippen LogP contribution in [0.25, 0.3) is 0 Å². The predicted molar refractivity (Wildman–Crippen MR) is 80.1 cm³/mol. The van der Waals surface area contributed by atoms with Gasteiger partial charge in [0, 0.05) is 23.9 Å². The molecular weight excluding hydrogens is 242 g/mol. The van der Waals surface area contributed by atoms with Crippen molar-refractivity contribution in [2.75, 3.05) is 6.54 Å². The number of thioether (sulfide) groups is 1. The van der Waals surface area contributed by atoms with E-state index in [1.54, 1.807) is 0 Å². The summed E-state index contributed by atoms with van der Waals surface area (Å²) in [4.78, 5) is 0. The van der Waals surface area contributed by atoms with E-state index >= 15 is 0 Å². The van der Waals surface area contributed by atoms with Gasteiger partial charge in [0.05, 0.1) is 10.7 Å². The van der Waals surface area contributed by atoms with Gasteiger partial charge in [-0.25, -0.2) is 0 Å². The molecular formula is C14H27N3S. The first-order valence-corrected chi connectivity index (χ1v) is 7.44. The summed E-state index contributed by atoms with van der Waals surface area (Å²) < 4.78 is 2.23. The summed E-state index contributed by atoms with van der Waals surface area (Å²) in [5.41, 5.74) is 2.48. The van der Waals surface area contributed by atoms with Gasteiger partial charge in [0.25, 0.3) is 0 Å². The van der Waals surface area contributed by atoms with E-state index in [2.05, 4.69) is 52.0 Å². The molecule has 1 heterocycles. The van der Waals surface area contributed by atoms with Crippen molar-refractivity contribution in [1.82, 2.24) is 15.1 Å². The van der Waals surface area contributed by atoms with Gasteiger partial charge >= 0.3 is 0 Å². The minimum absolute atomic E-state index is 0.215. The lowest BCUT2D eigenvalue weighted by Crippen LogP contribution is -2.20. The highest BCUT2D eigenvalue weighted by Gasteiger charge is 2.20. The molecule has 1 N–H and O–H groups in total. The van der Waals surface area contributed by atoms with Gasteiger partial charge in [-0.05, 0) is 19.4 Å². The minimum atomic E-state index is 0.215. The highest BCUT2D eigenvalue weighted by Crippen LogP contribution is 2.34. The van der Waals surface area contributed by atoms with Gasteiger partial charge < -0.3 is 5.32 Å². The molecule has 0 bridgehead atoms. The molecule has 0 radical (unpaired) electrons. The Hall–Kier alpha value is -0.480. The van der Waals surface area contributed by atoms with Gasteiger partial charge in [-0.2, -0.15) is 5.10 Å². The van der Waals surface area contributed by atoms with Gasteiger partial charge in [0.15, 0.2) is 0 Å². The average Bonchev–Trinajstić information content (AvgIpc) is 2.42. The second-order valence-electron chi connectivity index (χ2n) is 6.23. The number of hydrogen-bond donors (Lipinski definition) is 1. The third-order valence-electron chi connectivity index (χ3n) is 2.55. The van der Waals surface area contributed by atoms with Crippen LogP contribution in [0.5, 0.6) is 0 Å². The zero-order chi connectivity index (χ0) is 13.9. The number of nitrogens with zero attached hydrogens (tertiary/aromatic N) is 2. The quantitative estimate of drug-likeness (QED) is 0.831. The number of aromatic nitrogens is 2. The molecule has 0 saturated heterocycles. The smallest absolute Gasteiger partial charge is 0.0989 e. The maximum absolute atomic E-state index is 4.55. The third-order valence-corrected chi connectivity index (χ3v) is 3.86. The van der Waals surface area contributed by atoms with Crippen molar-refractivity contribution in [3.63, 3.8) is 0 Å². The highest BCUT2D eigenvalue weighted by atomic mass is 32.2. The van der Waals surface area contributed by atoms with Crippen LogP contribution in [0.1, 0.15) is 45.9 Å². The first-order valence-electron chi connectivity index (χ1n) is 6.63. The Bertz CT molecular complexity index is 388. The molecule has 4 heteroatoms. The van der Waals surface area contributed by atoms with Crippen LogP contribution in [0.3, 0.4) is 0 Å². The second kappa shape index (κ2) is 6.11. The van der Waals surface area contributed by atoms with Crippen molar-refractivity contribution in [2.45, 2.75) is 57.9 Å². The molecule has 0 saturated carbocycles. The van der Waals surface area contributed by atoms with Crippen LogP contribution in [-0.2, 0) is 13.6 Å². The zero-order valence-corrected chi connectivity index (χ0v) is 13.6. The number of aryl methyl sites for hydroxylation is 2. The summed E-state index contributed by atoms with van der Waals surface area (Å²) in [6, 6.07) is 0. The lowest BCUT2D eigenvalue weighted by atomic mass is 10.2.